The highest BCUT2D eigenvalue weighted by molar-refractivity contribution is 7.87. The van der Waals surface area contributed by atoms with Gasteiger partial charge in [-0.2, -0.15) is 21.6 Å². The molecule has 0 N–H and O–H groups in total. The van der Waals surface area contributed by atoms with Crippen molar-refractivity contribution in [3.8, 4) is 0 Å². The largest absolute Gasteiger partial charge is 0.523 e. The van der Waals surface area contributed by atoms with Gasteiger partial charge in [0.05, 0.1) is 0 Å². The first-order valence-corrected chi connectivity index (χ1v) is 12.9. The van der Waals surface area contributed by atoms with Crippen LogP contribution in [0.5, 0.6) is 0 Å². The molecule has 0 saturated heterocycles. The Morgan fingerprint density at radius 2 is 1.29 bits per heavy atom. The Kier molecular flexibility index (Phi) is 6.02. The lowest BCUT2D eigenvalue weighted by Gasteiger charge is -2.54. The summed E-state index contributed by atoms with van der Waals surface area (Å²) >= 11 is 0. The first kappa shape index (κ1) is 23.5. The molecule has 178 valence electrons. The Morgan fingerprint density at radius 1 is 0.806 bits per heavy atom. The summed E-state index contributed by atoms with van der Waals surface area (Å²) < 4.78 is 95.8. The zero-order valence-corrected chi connectivity index (χ0v) is 18.6. The summed E-state index contributed by atoms with van der Waals surface area (Å²) in [7, 11) is -6.01. The van der Waals surface area contributed by atoms with E-state index in [4.69, 9.17) is 0 Å². The summed E-state index contributed by atoms with van der Waals surface area (Å²) in [6.07, 6.45) is 8.24. The van der Waals surface area contributed by atoms with E-state index in [1.165, 1.54) is 25.7 Å². The highest BCUT2D eigenvalue weighted by atomic mass is 32.2. The third-order valence-electron chi connectivity index (χ3n) is 8.81. The lowest BCUT2D eigenvalue weighted by Crippen LogP contribution is -2.53. The van der Waals surface area contributed by atoms with Crippen LogP contribution in [0.15, 0.2) is 11.7 Å². The first-order chi connectivity index (χ1) is 14.4. The molecule has 0 heterocycles. The predicted octanol–water partition coefficient (Wildman–Crippen LogP) is 6.95. The zero-order chi connectivity index (χ0) is 22.7. The van der Waals surface area contributed by atoms with Gasteiger partial charge in [0.15, 0.2) is 5.83 Å². The van der Waals surface area contributed by atoms with E-state index < -0.39 is 38.3 Å². The Morgan fingerprint density at radius 3 is 1.77 bits per heavy atom. The molecule has 5 rings (SSSR count). The molecule has 0 unspecified atom stereocenters. The summed E-state index contributed by atoms with van der Waals surface area (Å²) in [5, 5.41) is 0. The van der Waals surface area contributed by atoms with Crippen molar-refractivity contribution < 1.29 is 34.6 Å². The molecule has 3 nitrogen and oxygen atoms in total. The van der Waals surface area contributed by atoms with Crippen LogP contribution in [0, 0.1) is 29.1 Å². The fraction of sp³-hybridized carbons (Fsp3) is 0.909. The minimum atomic E-state index is -6.01. The van der Waals surface area contributed by atoms with Crippen LogP contribution in [0.4, 0.5) is 22.0 Å². The summed E-state index contributed by atoms with van der Waals surface area (Å²) in [6, 6.07) is 0. The van der Waals surface area contributed by atoms with Gasteiger partial charge in [-0.15, -0.1) is 0 Å². The van der Waals surface area contributed by atoms with Crippen LogP contribution in [0.3, 0.4) is 0 Å². The Balaban J connectivity index is 1.47. The van der Waals surface area contributed by atoms with Crippen molar-refractivity contribution in [2.75, 3.05) is 0 Å². The summed E-state index contributed by atoms with van der Waals surface area (Å²) in [5.41, 5.74) is -9.04. The molecule has 0 aromatic heterocycles. The molecule has 3 saturated carbocycles. The van der Waals surface area contributed by atoms with Crippen molar-refractivity contribution in [1.82, 2.24) is 0 Å². The zero-order valence-electron chi connectivity index (χ0n) is 17.8. The van der Waals surface area contributed by atoms with Crippen molar-refractivity contribution in [1.29, 1.82) is 0 Å². The molecule has 5 aliphatic carbocycles. The smallest absolute Gasteiger partial charge is 0.249 e. The average Bonchev–Trinajstić information content (AvgIpc) is 2.72. The molecule has 2 bridgehead atoms. The maximum absolute atomic E-state index is 15.3. The molecule has 5 aliphatic rings. The second kappa shape index (κ2) is 7.96. The normalized spacial score (nSPS) is 42.1. The highest BCUT2D eigenvalue weighted by Gasteiger charge is 2.63. The van der Waals surface area contributed by atoms with E-state index in [9.17, 15) is 26.0 Å². The van der Waals surface area contributed by atoms with Crippen LogP contribution in [0.25, 0.3) is 0 Å². The van der Waals surface area contributed by atoms with Gasteiger partial charge in [0.25, 0.3) is 0 Å². The molecule has 0 amide bonds. The Bertz CT molecular complexity index is 811. The van der Waals surface area contributed by atoms with E-state index in [1.807, 2.05) is 0 Å². The third-order valence-corrected chi connectivity index (χ3v) is 9.92. The number of allylic oxidation sites excluding steroid dienone is 1. The third kappa shape index (κ3) is 3.96. The summed E-state index contributed by atoms with van der Waals surface area (Å²) in [6.45, 7) is 2.28. The highest BCUT2D eigenvalue weighted by Crippen LogP contribution is 2.64. The van der Waals surface area contributed by atoms with Crippen LogP contribution in [0.2, 0.25) is 0 Å². The van der Waals surface area contributed by atoms with Gasteiger partial charge in [0.2, 0.25) is 0 Å². The molecule has 31 heavy (non-hydrogen) atoms. The Labute approximate surface area is 180 Å². The van der Waals surface area contributed by atoms with Gasteiger partial charge in [-0.25, -0.2) is 13.0 Å². The van der Waals surface area contributed by atoms with Gasteiger partial charge in [0, 0.05) is 5.41 Å². The number of fused-ring (bicyclic) bond motifs is 2. The fourth-order valence-corrected chi connectivity index (χ4v) is 7.58. The fourth-order valence-electron chi connectivity index (χ4n) is 6.82. The van der Waals surface area contributed by atoms with Gasteiger partial charge < -0.3 is 0 Å². The van der Waals surface area contributed by atoms with Crippen molar-refractivity contribution in [3.63, 3.8) is 0 Å². The van der Waals surface area contributed by atoms with Crippen molar-refractivity contribution in [2.24, 2.45) is 29.1 Å². The van der Waals surface area contributed by atoms with E-state index in [2.05, 4.69) is 11.1 Å². The molecule has 3 fully saturated rings. The van der Waals surface area contributed by atoms with E-state index in [0.717, 1.165) is 31.6 Å². The molecular weight excluding hydrogens is 439 g/mol. The number of hydrogen-bond acceptors (Lipinski definition) is 3. The van der Waals surface area contributed by atoms with Crippen LogP contribution in [0.1, 0.15) is 84.0 Å². The molecule has 0 aromatic carbocycles. The topological polar surface area (TPSA) is 43.4 Å². The first-order valence-electron chi connectivity index (χ1n) is 11.5. The lowest BCUT2D eigenvalue weighted by molar-refractivity contribution is -0.0886. The van der Waals surface area contributed by atoms with Gasteiger partial charge in [0.1, 0.15) is 11.4 Å². The molecule has 0 aromatic rings. The number of halogens is 5. The second-order valence-corrected chi connectivity index (χ2v) is 11.9. The van der Waals surface area contributed by atoms with Gasteiger partial charge in [-0.05, 0) is 87.9 Å². The number of alkyl halides is 3. The van der Waals surface area contributed by atoms with Crippen LogP contribution >= 0.6 is 0 Å². The van der Waals surface area contributed by atoms with Gasteiger partial charge in [-0.1, -0.05) is 19.8 Å². The van der Waals surface area contributed by atoms with E-state index >= 15 is 4.39 Å². The Hall–Kier alpha value is -0.700. The molecule has 0 aliphatic heterocycles. The number of rotatable bonds is 4. The second-order valence-electron chi connectivity index (χ2n) is 10.4. The quantitative estimate of drug-likeness (QED) is 0.254. The lowest BCUT2D eigenvalue weighted by atomic mass is 9.53. The van der Waals surface area contributed by atoms with Crippen molar-refractivity contribution in [3.05, 3.63) is 11.7 Å². The van der Waals surface area contributed by atoms with Crippen LogP contribution in [-0.4, -0.2) is 19.5 Å². The van der Waals surface area contributed by atoms with Gasteiger partial charge >= 0.3 is 15.6 Å². The minimum Gasteiger partial charge on any atom is -0.249 e. The molecular formula is C22H31F5O3S. The molecule has 0 atom stereocenters. The monoisotopic (exact) mass is 470 g/mol. The van der Waals surface area contributed by atoms with E-state index in [1.54, 1.807) is 0 Å². The molecule has 0 radical (unpaired) electrons. The minimum absolute atomic E-state index is 0.0606. The van der Waals surface area contributed by atoms with Crippen LogP contribution < -0.4 is 0 Å². The average molecular weight is 471 g/mol. The van der Waals surface area contributed by atoms with Gasteiger partial charge in [-0.3, -0.25) is 0 Å². The summed E-state index contributed by atoms with van der Waals surface area (Å²) in [4.78, 5) is 0. The van der Waals surface area contributed by atoms with Crippen molar-refractivity contribution >= 4 is 10.1 Å². The van der Waals surface area contributed by atoms with Crippen molar-refractivity contribution in [2.45, 2.75) is 95.1 Å². The van der Waals surface area contributed by atoms with E-state index in [-0.39, 0.29) is 31.6 Å². The SMILES string of the molecule is CC1CCC(C2CCC(C34CCC(OS(=O)(=O)C(F)(F)F)(CC3)C(F)=C4F)CC2)CC1. The van der Waals surface area contributed by atoms with Crippen LogP contribution in [-0.2, 0) is 14.3 Å². The summed E-state index contributed by atoms with van der Waals surface area (Å²) in [5.74, 6) is -0.475. The standard InChI is InChI=1S/C22H31F5O3S/c1-14-2-4-15(5-3-14)16-6-8-17(9-7-16)20-10-12-21(13-11-20,19(24)18(20)23)30-31(28,29)22(25,26)27/h14-17H,2-13H2,1H3. The molecule has 9 heteroatoms. The molecule has 0 spiro atoms. The maximum atomic E-state index is 15.3. The predicted molar refractivity (Wildman–Crippen MR) is 106 cm³/mol. The van der Waals surface area contributed by atoms with E-state index in [0.29, 0.717) is 11.8 Å². The number of hydrogen-bond donors (Lipinski definition) is 0. The maximum Gasteiger partial charge on any atom is 0.523 e.